The number of hydrogen-bond donors (Lipinski definition) is 1. The zero-order valence-corrected chi connectivity index (χ0v) is 10.5. The SMILES string of the molecule is N#CCCN(Cc1cccnc1)c1cccc(N)n1. The molecule has 0 fully saturated rings. The summed E-state index contributed by atoms with van der Waals surface area (Å²) in [5, 5.41) is 8.75. The number of rotatable bonds is 5. The molecule has 0 unspecified atom stereocenters. The molecular weight excluding hydrogens is 238 g/mol. The van der Waals surface area contributed by atoms with Crippen LogP contribution in [0.2, 0.25) is 0 Å². The van der Waals surface area contributed by atoms with E-state index in [1.54, 1.807) is 12.3 Å². The van der Waals surface area contributed by atoms with Crippen molar-refractivity contribution in [2.24, 2.45) is 0 Å². The van der Waals surface area contributed by atoms with Gasteiger partial charge >= 0.3 is 0 Å². The number of nitrogens with two attached hydrogens (primary N) is 1. The third-order valence-corrected chi connectivity index (χ3v) is 2.67. The fourth-order valence-corrected chi connectivity index (χ4v) is 1.79. The summed E-state index contributed by atoms with van der Waals surface area (Å²) in [6.07, 6.45) is 3.99. The molecule has 5 heteroatoms. The van der Waals surface area contributed by atoms with Crippen molar-refractivity contribution in [3.05, 3.63) is 48.3 Å². The second-order valence-corrected chi connectivity index (χ2v) is 4.11. The molecule has 2 aromatic rings. The van der Waals surface area contributed by atoms with Crippen molar-refractivity contribution in [1.29, 1.82) is 5.26 Å². The molecule has 0 bridgehead atoms. The highest BCUT2D eigenvalue weighted by atomic mass is 15.2. The van der Waals surface area contributed by atoms with E-state index in [1.165, 1.54) is 0 Å². The van der Waals surface area contributed by atoms with Gasteiger partial charge in [0.05, 0.1) is 12.5 Å². The van der Waals surface area contributed by atoms with E-state index >= 15 is 0 Å². The summed E-state index contributed by atoms with van der Waals surface area (Å²) in [6, 6.07) is 11.5. The van der Waals surface area contributed by atoms with Gasteiger partial charge in [0.2, 0.25) is 0 Å². The first-order valence-corrected chi connectivity index (χ1v) is 6.03. The average molecular weight is 253 g/mol. The van der Waals surface area contributed by atoms with E-state index < -0.39 is 0 Å². The molecule has 19 heavy (non-hydrogen) atoms. The summed E-state index contributed by atoms with van der Waals surface area (Å²) in [6.45, 7) is 1.27. The molecule has 2 rings (SSSR count). The molecule has 96 valence electrons. The van der Waals surface area contributed by atoms with Crippen LogP contribution in [0.15, 0.2) is 42.7 Å². The number of aromatic nitrogens is 2. The molecule has 0 radical (unpaired) electrons. The first kappa shape index (κ1) is 12.8. The minimum absolute atomic E-state index is 0.441. The van der Waals surface area contributed by atoms with E-state index in [2.05, 4.69) is 16.0 Å². The van der Waals surface area contributed by atoms with Crippen molar-refractivity contribution in [1.82, 2.24) is 9.97 Å². The van der Waals surface area contributed by atoms with Crippen LogP contribution in [0.5, 0.6) is 0 Å². The van der Waals surface area contributed by atoms with Gasteiger partial charge in [-0.25, -0.2) is 4.98 Å². The van der Waals surface area contributed by atoms with Crippen molar-refractivity contribution in [2.45, 2.75) is 13.0 Å². The molecule has 0 aliphatic heterocycles. The van der Waals surface area contributed by atoms with Crippen LogP contribution in [0.25, 0.3) is 0 Å². The Bertz CT molecular complexity index is 562. The highest BCUT2D eigenvalue weighted by Crippen LogP contribution is 2.16. The second-order valence-electron chi connectivity index (χ2n) is 4.11. The van der Waals surface area contributed by atoms with Crippen molar-refractivity contribution >= 4 is 11.6 Å². The van der Waals surface area contributed by atoms with E-state index in [0.717, 1.165) is 11.4 Å². The summed E-state index contributed by atoms with van der Waals surface area (Å²) in [7, 11) is 0. The molecule has 0 aromatic carbocycles. The van der Waals surface area contributed by atoms with E-state index in [1.807, 2.05) is 35.4 Å². The lowest BCUT2D eigenvalue weighted by molar-refractivity contribution is 0.781. The fraction of sp³-hybridized carbons (Fsp3) is 0.214. The number of pyridine rings is 2. The van der Waals surface area contributed by atoms with Gasteiger partial charge in [0.1, 0.15) is 11.6 Å². The lowest BCUT2D eigenvalue weighted by Gasteiger charge is -2.22. The topological polar surface area (TPSA) is 78.8 Å². The number of anilines is 2. The molecule has 0 spiro atoms. The number of hydrogen-bond acceptors (Lipinski definition) is 5. The molecule has 0 amide bonds. The van der Waals surface area contributed by atoms with Crippen LogP contribution in [0.3, 0.4) is 0 Å². The van der Waals surface area contributed by atoms with Crippen molar-refractivity contribution in [3.8, 4) is 6.07 Å². The third-order valence-electron chi connectivity index (χ3n) is 2.67. The van der Waals surface area contributed by atoms with Gasteiger partial charge in [-0.1, -0.05) is 12.1 Å². The maximum Gasteiger partial charge on any atom is 0.131 e. The minimum Gasteiger partial charge on any atom is -0.384 e. The Hall–Kier alpha value is -2.61. The fourth-order valence-electron chi connectivity index (χ4n) is 1.79. The monoisotopic (exact) mass is 253 g/mol. The maximum atomic E-state index is 8.75. The largest absolute Gasteiger partial charge is 0.384 e. The van der Waals surface area contributed by atoms with Crippen LogP contribution in [-0.2, 0) is 6.54 Å². The Balaban J connectivity index is 2.19. The molecule has 0 aliphatic rings. The highest BCUT2D eigenvalue weighted by Gasteiger charge is 2.08. The molecule has 2 heterocycles. The Morgan fingerprint density at radius 1 is 1.26 bits per heavy atom. The Kier molecular flexibility index (Phi) is 4.29. The zero-order valence-electron chi connectivity index (χ0n) is 10.5. The standard InChI is InChI=1S/C14H15N5/c15-7-3-9-19(11-12-4-2-8-17-10-12)14-6-1-5-13(16)18-14/h1-2,4-6,8,10H,3,9,11H2,(H2,16,18). The van der Waals surface area contributed by atoms with Crippen LogP contribution < -0.4 is 10.6 Å². The first-order valence-electron chi connectivity index (χ1n) is 6.03. The second kappa shape index (κ2) is 6.36. The van der Waals surface area contributed by atoms with E-state index in [0.29, 0.717) is 25.3 Å². The van der Waals surface area contributed by atoms with Gasteiger partial charge in [-0.2, -0.15) is 5.26 Å². The molecular formula is C14H15N5. The summed E-state index contributed by atoms with van der Waals surface area (Å²) >= 11 is 0. The van der Waals surface area contributed by atoms with Gasteiger partial charge in [0.15, 0.2) is 0 Å². The number of nitriles is 1. The van der Waals surface area contributed by atoms with Crippen LogP contribution >= 0.6 is 0 Å². The Labute approximate surface area is 112 Å². The lowest BCUT2D eigenvalue weighted by atomic mass is 10.2. The van der Waals surface area contributed by atoms with E-state index in [9.17, 15) is 0 Å². The van der Waals surface area contributed by atoms with Crippen molar-refractivity contribution in [3.63, 3.8) is 0 Å². The quantitative estimate of drug-likeness (QED) is 0.881. The van der Waals surface area contributed by atoms with Crippen LogP contribution in [-0.4, -0.2) is 16.5 Å². The first-order chi connectivity index (χ1) is 9.29. The van der Waals surface area contributed by atoms with Gasteiger partial charge in [-0.15, -0.1) is 0 Å². The molecule has 2 aromatic heterocycles. The van der Waals surface area contributed by atoms with Crippen molar-refractivity contribution < 1.29 is 0 Å². The lowest BCUT2D eigenvalue weighted by Crippen LogP contribution is -2.24. The Morgan fingerprint density at radius 2 is 2.16 bits per heavy atom. The smallest absolute Gasteiger partial charge is 0.131 e. The minimum atomic E-state index is 0.441. The van der Waals surface area contributed by atoms with E-state index in [4.69, 9.17) is 11.0 Å². The normalized spacial score (nSPS) is 9.84. The Morgan fingerprint density at radius 3 is 2.84 bits per heavy atom. The van der Waals surface area contributed by atoms with Gasteiger partial charge in [-0.05, 0) is 23.8 Å². The van der Waals surface area contributed by atoms with E-state index in [-0.39, 0.29) is 0 Å². The predicted molar refractivity (Wildman–Crippen MR) is 74.2 cm³/mol. The third kappa shape index (κ3) is 3.68. The summed E-state index contributed by atoms with van der Waals surface area (Å²) < 4.78 is 0. The molecule has 0 saturated heterocycles. The average Bonchev–Trinajstić information content (AvgIpc) is 2.44. The molecule has 0 aliphatic carbocycles. The van der Waals surface area contributed by atoms with Crippen LogP contribution in [0.1, 0.15) is 12.0 Å². The van der Waals surface area contributed by atoms with Gasteiger partial charge < -0.3 is 10.6 Å². The van der Waals surface area contributed by atoms with Crippen molar-refractivity contribution in [2.75, 3.05) is 17.2 Å². The highest BCUT2D eigenvalue weighted by molar-refractivity contribution is 5.45. The van der Waals surface area contributed by atoms with Crippen LogP contribution in [0.4, 0.5) is 11.6 Å². The predicted octanol–water partition coefficient (Wildman–Crippen LogP) is 1.98. The van der Waals surface area contributed by atoms with Gasteiger partial charge in [-0.3, -0.25) is 4.98 Å². The maximum absolute atomic E-state index is 8.75. The molecule has 2 N–H and O–H groups in total. The summed E-state index contributed by atoms with van der Waals surface area (Å²) in [5.41, 5.74) is 6.78. The zero-order chi connectivity index (χ0) is 13.5. The molecule has 0 saturated carbocycles. The number of nitrogen functional groups attached to an aromatic ring is 1. The van der Waals surface area contributed by atoms with Gasteiger partial charge in [0.25, 0.3) is 0 Å². The van der Waals surface area contributed by atoms with Gasteiger partial charge in [0, 0.05) is 25.5 Å². The summed E-state index contributed by atoms with van der Waals surface area (Å²) in [5.74, 6) is 1.25. The van der Waals surface area contributed by atoms with Crippen LogP contribution in [0, 0.1) is 11.3 Å². The summed E-state index contributed by atoms with van der Waals surface area (Å²) in [4.78, 5) is 10.4. The molecule has 0 atom stereocenters. The number of nitrogens with zero attached hydrogens (tertiary/aromatic N) is 4. The molecule has 5 nitrogen and oxygen atoms in total.